The van der Waals surface area contributed by atoms with Gasteiger partial charge in [0.15, 0.2) is 0 Å². The third kappa shape index (κ3) is 2.58. The molecule has 1 N–H and O–H groups in total. The minimum atomic E-state index is 0.699. The molecule has 1 aliphatic rings. The molecule has 2 aromatic rings. The quantitative estimate of drug-likeness (QED) is 0.935. The molecule has 3 rings (SSSR count). The molecule has 0 saturated carbocycles. The van der Waals surface area contributed by atoms with Crippen LogP contribution in [0.25, 0.3) is 10.2 Å². The zero-order valence-electron chi connectivity index (χ0n) is 12.3. The molecule has 20 heavy (non-hydrogen) atoms. The number of nitrogens with one attached hydrogen (secondary N) is 1. The summed E-state index contributed by atoms with van der Waals surface area (Å²) < 4.78 is 0. The van der Waals surface area contributed by atoms with E-state index >= 15 is 0 Å². The minimum Gasteiger partial charge on any atom is -0.359 e. The summed E-state index contributed by atoms with van der Waals surface area (Å²) in [5.41, 5.74) is 0. The van der Waals surface area contributed by atoms with Crippen LogP contribution in [0.1, 0.15) is 6.42 Å². The molecular weight excluding hydrogens is 270 g/mol. The summed E-state index contributed by atoms with van der Waals surface area (Å²) in [6.45, 7) is 3.44. The van der Waals surface area contributed by atoms with Crippen LogP contribution >= 0.6 is 11.3 Å². The number of rotatable bonds is 4. The highest BCUT2D eigenvalue weighted by Crippen LogP contribution is 2.29. The normalized spacial score (nSPS) is 19.6. The standard InChI is InChI=1S/C14H21N5S/c1-15-14-16-12(11-5-7-20-13(11)17-14)19(3)9-10-4-6-18(2)8-10/h5,7,10H,4,6,8-9H2,1-3H3,(H,15,16,17). The summed E-state index contributed by atoms with van der Waals surface area (Å²) in [6, 6.07) is 2.12. The van der Waals surface area contributed by atoms with Crippen molar-refractivity contribution < 1.29 is 0 Å². The topological polar surface area (TPSA) is 44.3 Å². The number of aromatic nitrogens is 2. The molecule has 108 valence electrons. The van der Waals surface area contributed by atoms with Gasteiger partial charge in [-0.05, 0) is 37.4 Å². The van der Waals surface area contributed by atoms with Crippen LogP contribution in [0.4, 0.5) is 11.8 Å². The molecule has 0 aliphatic carbocycles. The first kappa shape index (κ1) is 13.6. The van der Waals surface area contributed by atoms with Crippen LogP contribution in [0.15, 0.2) is 11.4 Å². The Morgan fingerprint density at radius 2 is 2.35 bits per heavy atom. The van der Waals surface area contributed by atoms with Crippen LogP contribution < -0.4 is 10.2 Å². The van der Waals surface area contributed by atoms with Crippen LogP contribution in [-0.2, 0) is 0 Å². The molecule has 2 aromatic heterocycles. The van der Waals surface area contributed by atoms with Gasteiger partial charge in [-0.3, -0.25) is 0 Å². The molecule has 5 nitrogen and oxygen atoms in total. The van der Waals surface area contributed by atoms with Gasteiger partial charge in [0.1, 0.15) is 10.6 Å². The van der Waals surface area contributed by atoms with E-state index in [1.165, 1.54) is 19.5 Å². The maximum atomic E-state index is 4.65. The first-order chi connectivity index (χ1) is 9.67. The fraction of sp³-hybridized carbons (Fsp3) is 0.571. The predicted molar refractivity (Wildman–Crippen MR) is 85.8 cm³/mol. The van der Waals surface area contributed by atoms with Gasteiger partial charge >= 0.3 is 0 Å². The molecule has 1 unspecified atom stereocenters. The number of anilines is 2. The van der Waals surface area contributed by atoms with E-state index in [0.29, 0.717) is 5.95 Å². The molecule has 3 heterocycles. The third-order valence-electron chi connectivity index (χ3n) is 3.91. The van der Waals surface area contributed by atoms with E-state index in [0.717, 1.165) is 28.5 Å². The molecule has 6 heteroatoms. The average Bonchev–Trinajstić information content (AvgIpc) is 3.06. The van der Waals surface area contributed by atoms with E-state index in [1.807, 2.05) is 7.05 Å². The second-order valence-electron chi connectivity index (χ2n) is 5.56. The van der Waals surface area contributed by atoms with Gasteiger partial charge in [-0.1, -0.05) is 0 Å². The second kappa shape index (κ2) is 5.54. The van der Waals surface area contributed by atoms with E-state index in [1.54, 1.807) is 11.3 Å². The highest BCUT2D eigenvalue weighted by molar-refractivity contribution is 7.16. The van der Waals surface area contributed by atoms with Gasteiger partial charge in [-0.25, -0.2) is 4.98 Å². The Kier molecular flexibility index (Phi) is 3.76. The second-order valence-corrected chi connectivity index (χ2v) is 6.45. The van der Waals surface area contributed by atoms with E-state index < -0.39 is 0 Å². The van der Waals surface area contributed by atoms with Gasteiger partial charge in [0.25, 0.3) is 0 Å². The van der Waals surface area contributed by atoms with Crippen LogP contribution in [0.3, 0.4) is 0 Å². The number of fused-ring (bicyclic) bond motifs is 1. The van der Waals surface area contributed by atoms with Gasteiger partial charge in [0.2, 0.25) is 5.95 Å². The minimum absolute atomic E-state index is 0.699. The highest BCUT2D eigenvalue weighted by atomic mass is 32.1. The maximum Gasteiger partial charge on any atom is 0.225 e. The summed E-state index contributed by atoms with van der Waals surface area (Å²) >= 11 is 1.67. The summed E-state index contributed by atoms with van der Waals surface area (Å²) in [6.07, 6.45) is 1.28. The van der Waals surface area contributed by atoms with Crippen LogP contribution in [0, 0.1) is 5.92 Å². The Hall–Kier alpha value is -1.40. The van der Waals surface area contributed by atoms with Gasteiger partial charge in [0.05, 0.1) is 5.39 Å². The Bertz CT molecular complexity index is 596. The zero-order chi connectivity index (χ0) is 14.1. The van der Waals surface area contributed by atoms with Crippen molar-refractivity contribution in [2.75, 3.05) is 51.0 Å². The largest absolute Gasteiger partial charge is 0.359 e. The molecule has 0 aromatic carbocycles. The lowest BCUT2D eigenvalue weighted by Crippen LogP contribution is -2.28. The number of nitrogens with zero attached hydrogens (tertiary/aromatic N) is 4. The molecule has 0 radical (unpaired) electrons. The van der Waals surface area contributed by atoms with Gasteiger partial charge in [-0.15, -0.1) is 11.3 Å². The van der Waals surface area contributed by atoms with Crippen molar-refractivity contribution in [2.45, 2.75) is 6.42 Å². The summed E-state index contributed by atoms with van der Waals surface area (Å²) in [7, 11) is 6.20. The predicted octanol–water partition coefficient (Wildman–Crippen LogP) is 2.12. The Morgan fingerprint density at radius 1 is 1.50 bits per heavy atom. The molecule has 1 atom stereocenters. The van der Waals surface area contributed by atoms with Crippen LogP contribution in [0.2, 0.25) is 0 Å². The van der Waals surface area contributed by atoms with E-state index in [4.69, 9.17) is 0 Å². The van der Waals surface area contributed by atoms with Crippen molar-refractivity contribution in [1.29, 1.82) is 0 Å². The fourth-order valence-corrected chi connectivity index (χ4v) is 3.65. The fourth-order valence-electron chi connectivity index (χ4n) is 2.89. The Morgan fingerprint density at radius 3 is 3.05 bits per heavy atom. The van der Waals surface area contributed by atoms with Crippen molar-refractivity contribution >= 4 is 33.3 Å². The average molecular weight is 291 g/mol. The summed E-state index contributed by atoms with van der Waals surface area (Å²) in [5, 5.41) is 6.29. The molecule has 0 bridgehead atoms. The summed E-state index contributed by atoms with van der Waals surface area (Å²) in [4.78, 5) is 14.9. The molecular formula is C14H21N5S. The molecule has 0 amide bonds. The third-order valence-corrected chi connectivity index (χ3v) is 4.72. The van der Waals surface area contributed by atoms with Crippen molar-refractivity contribution in [2.24, 2.45) is 5.92 Å². The van der Waals surface area contributed by atoms with Crippen molar-refractivity contribution in [1.82, 2.24) is 14.9 Å². The summed E-state index contributed by atoms with van der Waals surface area (Å²) in [5.74, 6) is 2.46. The lowest BCUT2D eigenvalue weighted by Gasteiger charge is -2.23. The van der Waals surface area contributed by atoms with Gasteiger partial charge in [0, 0.05) is 27.2 Å². The SMILES string of the molecule is CNc1nc(N(C)CC2CCN(C)C2)c2ccsc2n1. The zero-order valence-corrected chi connectivity index (χ0v) is 13.1. The first-order valence-electron chi connectivity index (χ1n) is 7.00. The van der Waals surface area contributed by atoms with Gasteiger partial charge < -0.3 is 15.1 Å². The van der Waals surface area contributed by atoms with E-state index in [-0.39, 0.29) is 0 Å². The lowest BCUT2D eigenvalue weighted by molar-refractivity contribution is 0.396. The number of hydrogen-bond acceptors (Lipinski definition) is 6. The molecule has 0 spiro atoms. The molecule has 1 aliphatic heterocycles. The molecule has 1 saturated heterocycles. The number of likely N-dealkylation sites (tertiary alicyclic amines) is 1. The monoisotopic (exact) mass is 291 g/mol. The van der Waals surface area contributed by atoms with Gasteiger partial charge in [-0.2, -0.15) is 4.98 Å². The highest BCUT2D eigenvalue weighted by Gasteiger charge is 2.22. The van der Waals surface area contributed by atoms with Crippen LogP contribution in [-0.4, -0.2) is 55.6 Å². The van der Waals surface area contributed by atoms with Crippen LogP contribution in [0.5, 0.6) is 0 Å². The Labute approximate surface area is 123 Å². The van der Waals surface area contributed by atoms with E-state index in [2.05, 4.69) is 50.6 Å². The number of thiophene rings is 1. The van der Waals surface area contributed by atoms with Crippen molar-refractivity contribution in [3.63, 3.8) is 0 Å². The smallest absolute Gasteiger partial charge is 0.225 e. The van der Waals surface area contributed by atoms with E-state index in [9.17, 15) is 0 Å². The van der Waals surface area contributed by atoms with Crippen molar-refractivity contribution in [3.05, 3.63) is 11.4 Å². The number of hydrogen-bond donors (Lipinski definition) is 1. The maximum absolute atomic E-state index is 4.65. The first-order valence-corrected chi connectivity index (χ1v) is 7.88. The van der Waals surface area contributed by atoms with Crippen molar-refractivity contribution in [3.8, 4) is 0 Å². The Balaban J connectivity index is 1.86. The molecule has 1 fully saturated rings. The lowest BCUT2D eigenvalue weighted by atomic mass is 10.1.